The predicted octanol–water partition coefficient (Wildman–Crippen LogP) is 4.71. The number of aliphatic hydroxyl groups is 1. The number of rotatable bonds is 1. The highest BCUT2D eigenvalue weighted by molar-refractivity contribution is 5.13. The smallest absolute Gasteiger partial charge is 0.0839 e. The topological polar surface area (TPSA) is 29.5 Å². The van der Waals surface area contributed by atoms with Crippen molar-refractivity contribution in [3.05, 3.63) is 12.7 Å². The molecule has 1 heterocycles. The Kier molecular flexibility index (Phi) is 3.63. The van der Waals surface area contributed by atoms with Gasteiger partial charge in [-0.05, 0) is 75.0 Å². The van der Waals surface area contributed by atoms with Gasteiger partial charge in [0.1, 0.15) is 0 Å². The van der Waals surface area contributed by atoms with Crippen LogP contribution >= 0.6 is 0 Å². The van der Waals surface area contributed by atoms with Crippen LogP contribution in [0.3, 0.4) is 0 Å². The first kappa shape index (κ1) is 16.5. The number of hydrogen-bond acceptors (Lipinski definition) is 2. The zero-order chi connectivity index (χ0) is 16.4. The highest BCUT2D eigenvalue weighted by atomic mass is 16.5. The van der Waals surface area contributed by atoms with Crippen molar-refractivity contribution in [2.75, 3.05) is 0 Å². The minimum absolute atomic E-state index is 0.0213. The first-order valence-corrected chi connectivity index (χ1v) is 9.09. The maximum Gasteiger partial charge on any atom is 0.0839 e. The van der Waals surface area contributed by atoms with Crippen LogP contribution in [0, 0.1) is 22.7 Å². The molecule has 0 aromatic heterocycles. The van der Waals surface area contributed by atoms with Gasteiger partial charge in [-0.25, -0.2) is 0 Å². The molecule has 1 N–H and O–H groups in total. The standard InChI is InChI=1S/C20H34O2/c1-7-18(4)11-8-15-19(5)12-10-16(21)17(2,3)14(19)9-13-20(15,6)22-18/h7,14-16,21H,1,8-13H2,2-6H3/t14-,15+,16+,18-,19+,20+/m1/s1. The van der Waals surface area contributed by atoms with E-state index in [-0.39, 0.29) is 28.1 Å². The van der Waals surface area contributed by atoms with Crippen LogP contribution in [-0.2, 0) is 4.74 Å². The number of fused-ring (bicyclic) bond motifs is 3. The molecular formula is C20H34O2. The molecule has 126 valence electrons. The highest BCUT2D eigenvalue weighted by Gasteiger charge is 2.62. The van der Waals surface area contributed by atoms with Gasteiger partial charge in [-0.1, -0.05) is 26.8 Å². The fraction of sp³-hybridized carbons (Fsp3) is 0.900. The molecule has 6 atom stereocenters. The van der Waals surface area contributed by atoms with Crippen molar-refractivity contribution in [3.63, 3.8) is 0 Å². The molecule has 22 heavy (non-hydrogen) atoms. The van der Waals surface area contributed by atoms with Crippen LogP contribution in [0.15, 0.2) is 12.7 Å². The Morgan fingerprint density at radius 1 is 0.955 bits per heavy atom. The molecule has 3 rings (SSSR count). The zero-order valence-electron chi connectivity index (χ0n) is 15.1. The average Bonchev–Trinajstić information content (AvgIpc) is 2.42. The van der Waals surface area contributed by atoms with E-state index in [0.29, 0.717) is 11.8 Å². The van der Waals surface area contributed by atoms with Gasteiger partial charge in [0, 0.05) is 0 Å². The van der Waals surface area contributed by atoms with E-state index < -0.39 is 0 Å². The molecule has 2 heteroatoms. The van der Waals surface area contributed by atoms with E-state index in [0.717, 1.165) is 25.7 Å². The Bertz CT molecular complexity index is 470. The second kappa shape index (κ2) is 4.83. The van der Waals surface area contributed by atoms with E-state index in [9.17, 15) is 5.11 Å². The summed E-state index contributed by atoms with van der Waals surface area (Å²) in [7, 11) is 0. The second-order valence-corrected chi connectivity index (χ2v) is 9.50. The summed E-state index contributed by atoms with van der Waals surface area (Å²) in [5.74, 6) is 1.19. The molecule has 3 fully saturated rings. The number of ether oxygens (including phenoxy) is 1. The maximum absolute atomic E-state index is 10.5. The molecule has 0 radical (unpaired) electrons. The molecule has 0 unspecified atom stereocenters. The molecule has 2 saturated carbocycles. The molecule has 0 bridgehead atoms. The van der Waals surface area contributed by atoms with E-state index in [1.165, 1.54) is 12.8 Å². The first-order chi connectivity index (χ1) is 10.1. The molecule has 2 nitrogen and oxygen atoms in total. The van der Waals surface area contributed by atoms with Gasteiger partial charge in [0.15, 0.2) is 0 Å². The third-order valence-electron chi connectivity index (χ3n) is 7.80. The summed E-state index contributed by atoms with van der Waals surface area (Å²) in [5, 5.41) is 10.5. The van der Waals surface area contributed by atoms with E-state index in [4.69, 9.17) is 4.74 Å². The van der Waals surface area contributed by atoms with E-state index in [1.54, 1.807) is 0 Å². The van der Waals surface area contributed by atoms with Crippen molar-refractivity contribution >= 4 is 0 Å². The predicted molar refractivity (Wildman–Crippen MR) is 90.7 cm³/mol. The minimum atomic E-state index is -0.169. The van der Waals surface area contributed by atoms with Crippen LogP contribution in [-0.4, -0.2) is 22.4 Å². The number of hydrogen-bond donors (Lipinski definition) is 1. The monoisotopic (exact) mass is 306 g/mol. The highest BCUT2D eigenvalue weighted by Crippen LogP contribution is 2.65. The van der Waals surface area contributed by atoms with Gasteiger partial charge in [-0.2, -0.15) is 0 Å². The third kappa shape index (κ3) is 2.13. The summed E-state index contributed by atoms with van der Waals surface area (Å²) in [6.45, 7) is 15.5. The van der Waals surface area contributed by atoms with Crippen molar-refractivity contribution in [2.45, 2.75) is 90.4 Å². The van der Waals surface area contributed by atoms with Crippen molar-refractivity contribution in [1.82, 2.24) is 0 Å². The summed E-state index contributed by atoms with van der Waals surface area (Å²) in [4.78, 5) is 0. The largest absolute Gasteiger partial charge is 0.393 e. The maximum atomic E-state index is 10.5. The lowest BCUT2D eigenvalue weighted by Crippen LogP contribution is -2.64. The molecule has 3 aliphatic rings. The van der Waals surface area contributed by atoms with Gasteiger partial charge < -0.3 is 9.84 Å². The van der Waals surface area contributed by atoms with Crippen molar-refractivity contribution < 1.29 is 9.84 Å². The van der Waals surface area contributed by atoms with Crippen LogP contribution in [0.1, 0.15) is 73.1 Å². The molecular weight excluding hydrogens is 272 g/mol. The Hall–Kier alpha value is -0.340. The van der Waals surface area contributed by atoms with Crippen molar-refractivity contribution in [3.8, 4) is 0 Å². The molecule has 2 aliphatic carbocycles. The fourth-order valence-corrected chi connectivity index (χ4v) is 6.41. The molecule has 1 aliphatic heterocycles. The van der Waals surface area contributed by atoms with Gasteiger partial charge in [-0.3, -0.25) is 0 Å². The summed E-state index contributed by atoms with van der Waals surface area (Å²) < 4.78 is 6.64. The van der Waals surface area contributed by atoms with Gasteiger partial charge in [0.25, 0.3) is 0 Å². The van der Waals surface area contributed by atoms with Gasteiger partial charge in [0.2, 0.25) is 0 Å². The molecule has 0 aromatic carbocycles. The summed E-state index contributed by atoms with van der Waals surface area (Å²) in [6, 6.07) is 0. The van der Waals surface area contributed by atoms with E-state index in [2.05, 4.69) is 41.2 Å². The molecule has 1 saturated heterocycles. The van der Waals surface area contributed by atoms with Gasteiger partial charge in [0.05, 0.1) is 17.3 Å². The van der Waals surface area contributed by atoms with Crippen LogP contribution in [0.25, 0.3) is 0 Å². The van der Waals surface area contributed by atoms with Gasteiger partial charge >= 0.3 is 0 Å². The summed E-state index contributed by atoms with van der Waals surface area (Å²) >= 11 is 0. The average molecular weight is 306 g/mol. The lowest BCUT2D eigenvalue weighted by molar-refractivity contribution is -0.262. The summed E-state index contributed by atoms with van der Waals surface area (Å²) in [6.07, 6.45) is 8.48. The minimum Gasteiger partial charge on any atom is -0.393 e. The lowest BCUT2D eigenvalue weighted by atomic mass is 9.44. The lowest BCUT2D eigenvalue weighted by Gasteiger charge is -2.65. The molecule has 0 amide bonds. The first-order valence-electron chi connectivity index (χ1n) is 9.09. The third-order valence-corrected chi connectivity index (χ3v) is 7.80. The normalized spacial score (nSPS) is 54.2. The van der Waals surface area contributed by atoms with Crippen LogP contribution < -0.4 is 0 Å². The van der Waals surface area contributed by atoms with Crippen molar-refractivity contribution in [1.29, 1.82) is 0 Å². The van der Waals surface area contributed by atoms with Crippen LogP contribution in [0.2, 0.25) is 0 Å². The van der Waals surface area contributed by atoms with Crippen LogP contribution in [0.4, 0.5) is 0 Å². The SMILES string of the molecule is C=C[C@]1(C)CC[C@H]2[C@@]3(C)CC[C@H](O)C(C)(C)[C@H]3CC[C@]2(C)O1. The second-order valence-electron chi connectivity index (χ2n) is 9.50. The van der Waals surface area contributed by atoms with Gasteiger partial charge in [-0.15, -0.1) is 6.58 Å². The Balaban J connectivity index is 1.95. The van der Waals surface area contributed by atoms with E-state index >= 15 is 0 Å². The quantitative estimate of drug-likeness (QED) is 0.711. The Morgan fingerprint density at radius 3 is 2.23 bits per heavy atom. The van der Waals surface area contributed by atoms with E-state index in [1.807, 2.05) is 6.08 Å². The summed E-state index contributed by atoms with van der Waals surface area (Å²) in [5.41, 5.74) is 0.106. The number of aliphatic hydroxyl groups excluding tert-OH is 1. The molecule has 0 aromatic rings. The molecule has 0 spiro atoms. The zero-order valence-corrected chi connectivity index (χ0v) is 15.1. The fourth-order valence-electron chi connectivity index (χ4n) is 6.41. The Morgan fingerprint density at radius 2 is 1.59 bits per heavy atom. The Labute approximate surface area is 136 Å². The van der Waals surface area contributed by atoms with Crippen molar-refractivity contribution in [2.24, 2.45) is 22.7 Å². The van der Waals surface area contributed by atoms with Crippen LogP contribution in [0.5, 0.6) is 0 Å².